The minimum atomic E-state index is 0. The maximum absolute atomic E-state index is 12.1. The normalized spacial score (nSPS) is 20.7. The van der Waals surface area contributed by atoms with E-state index in [9.17, 15) is 4.79 Å². The van der Waals surface area contributed by atoms with Crippen LogP contribution in [0.15, 0.2) is 24.3 Å². The van der Waals surface area contributed by atoms with Crippen LogP contribution >= 0.6 is 24.8 Å². The standard InChI is InChI=1S/C19H29N3O2.2ClH/c1-24-18-4-2-16(3-5-18)14-22-10-7-15(8-11-22)12-21-19(23)17-6-9-20-13-17;;/h2-5,15,17,20H,6-14H2,1H3,(H,21,23);2*1H. The molecular formula is C19H31Cl2N3O2. The third kappa shape index (κ3) is 6.62. The highest BCUT2D eigenvalue weighted by molar-refractivity contribution is 5.85. The summed E-state index contributed by atoms with van der Waals surface area (Å²) in [6.45, 7) is 5.87. The molecule has 148 valence electrons. The number of methoxy groups -OCH3 is 1. The molecule has 0 spiro atoms. The number of nitrogens with zero attached hydrogens (tertiary/aromatic N) is 1. The third-order valence-electron chi connectivity index (χ3n) is 5.27. The van der Waals surface area contributed by atoms with Crippen molar-refractivity contribution >= 4 is 30.7 Å². The number of piperidine rings is 1. The second-order valence-electron chi connectivity index (χ2n) is 7.00. The first-order valence-electron chi connectivity index (χ1n) is 9.08. The second-order valence-corrected chi connectivity index (χ2v) is 7.00. The zero-order valence-electron chi connectivity index (χ0n) is 15.4. The van der Waals surface area contributed by atoms with Gasteiger partial charge in [-0.3, -0.25) is 9.69 Å². The Kier molecular flexibility index (Phi) is 10.3. The Hall–Kier alpha value is -1.01. The Morgan fingerprint density at radius 2 is 1.88 bits per heavy atom. The number of carbonyl (C=O) groups is 1. The first-order valence-corrected chi connectivity index (χ1v) is 9.08. The number of likely N-dealkylation sites (tertiary alicyclic amines) is 1. The SMILES string of the molecule is COc1ccc(CN2CCC(CNC(=O)C3CCNC3)CC2)cc1.Cl.Cl. The van der Waals surface area contributed by atoms with Crippen LogP contribution in [0.2, 0.25) is 0 Å². The average molecular weight is 404 g/mol. The Bertz CT molecular complexity index is 528. The maximum atomic E-state index is 12.1. The fourth-order valence-corrected chi connectivity index (χ4v) is 3.61. The molecule has 2 aliphatic rings. The molecule has 2 fully saturated rings. The fraction of sp³-hybridized carbons (Fsp3) is 0.632. The van der Waals surface area contributed by atoms with E-state index in [2.05, 4.69) is 27.7 Å². The Morgan fingerprint density at radius 1 is 1.19 bits per heavy atom. The van der Waals surface area contributed by atoms with Crippen LogP contribution in [-0.2, 0) is 11.3 Å². The van der Waals surface area contributed by atoms with Gasteiger partial charge < -0.3 is 15.4 Å². The van der Waals surface area contributed by atoms with Gasteiger partial charge in [-0.25, -0.2) is 0 Å². The lowest BCUT2D eigenvalue weighted by atomic mass is 9.96. The lowest BCUT2D eigenvalue weighted by Crippen LogP contribution is -2.40. The molecule has 1 aromatic carbocycles. The summed E-state index contributed by atoms with van der Waals surface area (Å²) < 4.78 is 5.20. The number of amides is 1. The maximum Gasteiger partial charge on any atom is 0.224 e. The van der Waals surface area contributed by atoms with Gasteiger partial charge in [-0.05, 0) is 62.5 Å². The molecule has 2 aliphatic heterocycles. The molecule has 1 amide bonds. The monoisotopic (exact) mass is 403 g/mol. The van der Waals surface area contributed by atoms with E-state index < -0.39 is 0 Å². The van der Waals surface area contributed by atoms with Crippen LogP contribution in [0, 0.1) is 11.8 Å². The highest BCUT2D eigenvalue weighted by atomic mass is 35.5. The Morgan fingerprint density at radius 3 is 2.46 bits per heavy atom. The summed E-state index contributed by atoms with van der Waals surface area (Å²) in [7, 11) is 1.70. The quantitative estimate of drug-likeness (QED) is 0.765. The van der Waals surface area contributed by atoms with Gasteiger partial charge in [-0.15, -0.1) is 24.8 Å². The smallest absolute Gasteiger partial charge is 0.224 e. The number of rotatable bonds is 6. The molecule has 0 aliphatic carbocycles. The molecule has 2 heterocycles. The molecular weight excluding hydrogens is 373 g/mol. The predicted octanol–water partition coefficient (Wildman–Crippen LogP) is 2.48. The van der Waals surface area contributed by atoms with E-state index in [0.717, 1.165) is 51.4 Å². The number of hydrogen-bond donors (Lipinski definition) is 2. The predicted molar refractivity (Wildman–Crippen MR) is 109 cm³/mol. The summed E-state index contributed by atoms with van der Waals surface area (Å²) in [6, 6.07) is 8.33. The van der Waals surface area contributed by atoms with Gasteiger partial charge in [0.15, 0.2) is 0 Å². The molecule has 0 radical (unpaired) electrons. The minimum absolute atomic E-state index is 0. The van der Waals surface area contributed by atoms with Crippen molar-refractivity contribution in [2.24, 2.45) is 11.8 Å². The highest BCUT2D eigenvalue weighted by Crippen LogP contribution is 2.20. The first-order chi connectivity index (χ1) is 11.7. The van der Waals surface area contributed by atoms with Crippen LogP contribution in [-0.4, -0.2) is 50.6 Å². The van der Waals surface area contributed by atoms with Crippen LogP contribution in [0.25, 0.3) is 0 Å². The number of nitrogens with one attached hydrogen (secondary N) is 2. The van der Waals surface area contributed by atoms with Crippen LogP contribution < -0.4 is 15.4 Å². The highest BCUT2D eigenvalue weighted by Gasteiger charge is 2.24. The summed E-state index contributed by atoms with van der Waals surface area (Å²) in [5.41, 5.74) is 1.33. The van der Waals surface area contributed by atoms with Crippen molar-refractivity contribution in [2.75, 3.05) is 39.8 Å². The fourth-order valence-electron chi connectivity index (χ4n) is 3.61. The number of hydrogen-bond acceptors (Lipinski definition) is 4. The number of benzene rings is 1. The Labute approximate surface area is 169 Å². The van der Waals surface area contributed by atoms with E-state index >= 15 is 0 Å². The van der Waals surface area contributed by atoms with Crippen molar-refractivity contribution in [1.29, 1.82) is 0 Å². The molecule has 0 bridgehead atoms. The van der Waals surface area contributed by atoms with Crippen LogP contribution in [0.3, 0.4) is 0 Å². The van der Waals surface area contributed by atoms with E-state index in [0.29, 0.717) is 5.92 Å². The van der Waals surface area contributed by atoms with Crippen LogP contribution in [0.1, 0.15) is 24.8 Å². The molecule has 2 saturated heterocycles. The van der Waals surface area contributed by atoms with Gasteiger partial charge in [0, 0.05) is 19.6 Å². The van der Waals surface area contributed by atoms with E-state index in [1.807, 2.05) is 12.1 Å². The van der Waals surface area contributed by atoms with Crippen molar-refractivity contribution in [3.8, 4) is 5.75 Å². The van der Waals surface area contributed by atoms with Gasteiger partial charge in [0.05, 0.1) is 13.0 Å². The lowest BCUT2D eigenvalue weighted by molar-refractivity contribution is -0.124. The van der Waals surface area contributed by atoms with Gasteiger partial charge >= 0.3 is 0 Å². The van der Waals surface area contributed by atoms with Crippen molar-refractivity contribution < 1.29 is 9.53 Å². The van der Waals surface area contributed by atoms with E-state index in [1.165, 1.54) is 18.4 Å². The summed E-state index contributed by atoms with van der Waals surface area (Å²) in [4.78, 5) is 14.6. The molecule has 0 aromatic heterocycles. The third-order valence-corrected chi connectivity index (χ3v) is 5.27. The van der Waals surface area contributed by atoms with Crippen LogP contribution in [0.4, 0.5) is 0 Å². The second kappa shape index (κ2) is 11.7. The summed E-state index contributed by atoms with van der Waals surface area (Å²) in [5.74, 6) is 1.95. The molecule has 0 saturated carbocycles. The van der Waals surface area contributed by atoms with E-state index in [4.69, 9.17) is 4.74 Å². The largest absolute Gasteiger partial charge is 0.497 e. The van der Waals surface area contributed by atoms with Gasteiger partial charge in [0.1, 0.15) is 5.75 Å². The topological polar surface area (TPSA) is 53.6 Å². The molecule has 2 N–H and O–H groups in total. The summed E-state index contributed by atoms with van der Waals surface area (Å²) in [6.07, 6.45) is 3.31. The average Bonchev–Trinajstić information content (AvgIpc) is 3.16. The number of ether oxygens (including phenoxy) is 1. The molecule has 5 nitrogen and oxygen atoms in total. The zero-order valence-corrected chi connectivity index (χ0v) is 17.0. The van der Waals surface area contributed by atoms with E-state index in [1.54, 1.807) is 7.11 Å². The molecule has 1 atom stereocenters. The minimum Gasteiger partial charge on any atom is -0.497 e. The molecule has 26 heavy (non-hydrogen) atoms. The van der Waals surface area contributed by atoms with Gasteiger partial charge in [0.2, 0.25) is 5.91 Å². The lowest BCUT2D eigenvalue weighted by Gasteiger charge is -2.32. The molecule has 1 aromatic rings. The molecule has 3 rings (SSSR count). The first kappa shape index (κ1) is 23.0. The van der Waals surface area contributed by atoms with Crippen molar-refractivity contribution in [3.63, 3.8) is 0 Å². The van der Waals surface area contributed by atoms with Crippen molar-refractivity contribution in [3.05, 3.63) is 29.8 Å². The van der Waals surface area contributed by atoms with Gasteiger partial charge in [0.25, 0.3) is 0 Å². The van der Waals surface area contributed by atoms with Crippen molar-refractivity contribution in [2.45, 2.75) is 25.8 Å². The Balaban J connectivity index is 0.00000169. The van der Waals surface area contributed by atoms with E-state index in [-0.39, 0.29) is 36.6 Å². The summed E-state index contributed by atoms with van der Waals surface area (Å²) >= 11 is 0. The number of carbonyl (C=O) groups excluding carboxylic acids is 1. The van der Waals surface area contributed by atoms with Crippen LogP contribution in [0.5, 0.6) is 5.75 Å². The number of halogens is 2. The molecule has 1 unspecified atom stereocenters. The van der Waals surface area contributed by atoms with Gasteiger partial charge in [-0.1, -0.05) is 12.1 Å². The van der Waals surface area contributed by atoms with Gasteiger partial charge in [-0.2, -0.15) is 0 Å². The van der Waals surface area contributed by atoms with Crippen molar-refractivity contribution in [1.82, 2.24) is 15.5 Å². The molecule has 7 heteroatoms. The summed E-state index contributed by atoms with van der Waals surface area (Å²) in [5, 5.41) is 6.41. The zero-order chi connectivity index (χ0) is 16.8.